The van der Waals surface area contributed by atoms with E-state index in [-0.39, 0.29) is 62.8 Å². The minimum Gasteiger partial charge on any atom is -0.394 e. The number of H-pyrrole nitrogens is 1. The van der Waals surface area contributed by atoms with Gasteiger partial charge in [-0.2, -0.15) is 8.42 Å². The number of nitrogens with zero attached hydrogens (tertiary/aromatic N) is 1. The summed E-state index contributed by atoms with van der Waals surface area (Å²) in [5, 5.41) is 43.5. The summed E-state index contributed by atoms with van der Waals surface area (Å²) in [6, 6.07) is 7.33. The van der Waals surface area contributed by atoms with Crippen molar-refractivity contribution in [3.63, 3.8) is 0 Å². The molecule has 1 aromatic carbocycles. The van der Waals surface area contributed by atoms with Crippen molar-refractivity contribution in [2.45, 2.75) is 36.3 Å². The van der Waals surface area contributed by atoms with Crippen LogP contribution in [0.1, 0.15) is 5.56 Å². The molecule has 1 aliphatic heterocycles. The van der Waals surface area contributed by atoms with Gasteiger partial charge in [-0.15, -0.1) is 0 Å². The van der Waals surface area contributed by atoms with Crippen LogP contribution in [-0.2, 0) is 25.8 Å². The summed E-state index contributed by atoms with van der Waals surface area (Å²) in [6.07, 6.45) is -4.11. The van der Waals surface area contributed by atoms with Crippen LogP contribution in [0.5, 0.6) is 0 Å². The molecule has 30 heavy (non-hydrogen) atoms. The van der Waals surface area contributed by atoms with E-state index in [1.54, 1.807) is 6.20 Å². The average Bonchev–Trinajstić information content (AvgIpc) is 3.08. The van der Waals surface area contributed by atoms with Gasteiger partial charge in [-0.1, -0.05) is 35.1 Å². The van der Waals surface area contributed by atoms with Gasteiger partial charge in [-0.05, 0) is 11.6 Å². The van der Waals surface area contributed by atoms with E-state index in [2.05, 4.69) is 14.4 Å². The number of hydrogen-bond acceptors (Lipinski definition) is 10. The number of para-hydroxylation sites is 1. The normalized spacial score (nSPS) is 27.6. The molecule has 1 aliphatic rings. The predicted octanol–water partition coefficient (Wildman–Crippen LogP) is -1.00. The Balaban J connectivity index is 0.00000320. The summed E-state index contributed by atoms with van der Waals surface area (Å²) < 4.78 is 40.2. The molecule has 0 aliphatic carbocycles. The Hall–Kier alpha value is -0.0736. The SMILES string of the molecule is O=S(=O)(O)ON=C(Cc1c[nH]c2ccccc12)S[C@@H]1O[C@H](CO)[C@@H](O)[C@H](O)[C@H]1O.[K]. The van der Waals surface area contributed by atoms with Gasteiger partial charge in [0.1, 0.15) is 34.9 Å². The first-order valence-electron chi connectivity index (χ1n) is 8.44. The van der Waals surface area contributed by atoms with E-state index in [9.17, 15) is 28.8 Å². The van der Waals surface area contributed by atoms with Gasteiger partial charge >= 0.3 is 10.4 Å². The van der Waals surface area contributed by atoms with Crippen LogP contribution in [0.3, 0.4) is 0 Å². The van der Waals surface area contributed by atoms with E-state index < -0.39 is 46.9 Å². The standard InChI is InChI=1S/C16H20N2O9S2.K/c19-7-11-13(20)14(21)15(22)16(26-11)28-12(18-27-29(23,24)25)5-8-6-17-10-4-2-1-3-9(8)10;/h1-4,6,11,13-17,19-22H,5,7H2,(H,23,24,25);/t11-,13-,14+,15-,16+;/m1./s1. The minimum absolute atomic E-state index is 0. The summed E-state index contributed by atoms with van der Waals surface area (Å²) in [6.45, 7) is -0.613. The Morgan fingerprint density at radius 1 is 1.20 bits per heavy atom. The van der Waals surface area contributed by atoms with Crippen molar-refractivity contribution in [1.82, 2.24) is 4.98 Å². The molecule has 3 rings (SSSR count). The number of ether oxygens (including phenoxy) is 1. The Labute approximate surface area is 218 Å². The summed E-state index contributed by atoms with van der Waals surface area (Å²) in [5.41, 5.74) is 0.352. The number of thioether (sulfide) groups is 1. The van der Waals surface area contributed by atoms with E-state index >= 15 is 0 Å². The maximum atomic E-state index is 10.9. The molecular weight excluding hydrogens is 467 g/mol. The molecule has 0 saturated carbocycles. The molecule has 161 valence electrons. The number of nitrogens with one attached hydrogen (secondary N) is 1. The van der Waals surface area contributed by atoms with Gasteiger partial charge in [0.05, 0.1) is 6.61 Å². The molecule has 0 unspecified atom stereocenters. The third-order valence-corrected chi connectivity index (χ3v) is 5.73. The van der Waals surface area contributed by atoms with E-state index in [1.165, 1.54) is 0 Å². The number of aromatic amines is 1. The fourth-order valence-corrected chi connectivity index (χ4v) is 4.24. The van der Waals surface area contributed by atoms with Gasteiger partial charge in [0, 0.05) is 74.9 Å². The van der Waals surface area contributed by atoms with Crippen molar-refractivity contribution in [2.75, 3.05) is 6.61 Å². The second kappa shape index (κ2) is 11.2. The van der Waals surface area contributed by atoms with Gasteiger partial charge in [0.15, 0.2) is 0 Å². The van der Waals surface area contributed by atoms with Gasteiger partial charge in [-0.3, -0.25) is 4.55 Å². The maximum absolute atomic E-state index is 10.9. The monoisotopic (exact) mass is 487 g/mol. The van der Waals surface area contributed by atoms with Crippen LogP contribution in [0.2, 0.25) is 0 Å². The number of rotatable bonds is 6. The topological polar surface area (TPSA) is 182 Å². The maximum Gasteiger partial charge on any atom is 0.466 e. The Morgan fingerprint density at radius 2 is 1.90 bits per heavy atom. The first-order valence-corrected chi connectivity index (χ1v) is 10.7. The summed E-state index contributed by atoms with van der Waals surface area (Å²) in [4.78, 5) is 3.05. The second-order valence-corrected chi connectivity index (χ2v) is 8.51. The van der Waals surface area contributed by atoms with Gasteiger partial charge < -0.3 is 30.1 Å². The summed E-state index contributed by atoms with van der Waals surface area (Å²) >= 11 is 0.727. The van der Waals surface area contributed by atoms with E-state index in [0.29, 0.717) is 0 Å². The average molecular weight is 488 g/mol. The Bertz CT molecular complexity index is 982. The van der Waals surface area contributed by atoms with Crippen molar-refractivity contribution < 1.29 is 42.4 Å². The first kappa shape index (κ1) is 26.2. The van der Waals surface area contributed by atoms with E-state index in [4.69, 9.17) is 9.29 Å². The number of aromatic nitrogens is 1. The van der Waals surface area contributed by atoms with Crippen molar-refractivity contribution in [3.8, 4) is 0 Å². The third kappa shape index (κ3) is 6.47. The molecule has 2 heterocycles. The summed E-state index contributed by atoms with van der Waals surface area (Å²) in [5.74, 6) is 0. The zero-order valence-corrected chi connectivity index (χ0v) is 20.6. The first-order chi connectivity index (χ1) is 13.7. The molecule has 0 amide bonds. The molecule has 0 spiro atoms. The smallest absolute Gasteiger partial charge is 0.394 e. The Kier molecular flexibility index (Phi) is 9.75. The van der Waals surface area contributed by atoms with Gasteiger partial charge in [-0.25, -0.2) is 4.28 Å². The van der Waals surface area contributed by atoms with Crippen molar-refractivity contribution in [2.24, 2.45) is 5.16 Å². The van der Waals surface area contributed by atoms with Crippen LogP contribution in [-0.4, -0.2) is 131 Å². The predicted molar refractivity (Wildman–Crippen MR) is 109 cm³/mol. The van der Waals surface area contributed by atoms with Crippen LogP contribution >= 0.6 is 11.8 Å². The third-order valence-electron chi connectivity index (χ3n) is 4.35. The molecule has 1 aromatic heterocycles. The van der Waals surface area contributed by atoms with Crippen molar-refractivity contribution in [1.29, 1.82) is 0 Å². The molecule has 2 aromatic rings. The molecule has 11 nitrogen and oxygen atoms in total. The molecule has 1 radical (unpaired) electrons. The number of aliphatic hydroxyl groups is 4. The molecule has 6 N–H and O–H groups in total. The fourth-order valence-electron chi connectivity index (χ4n) is 2.92. The summed E-state index contributed by atoms with van der Waals surface area (Å²) in [7, 11) is -4.87. The van der Waals surface area contributed by atoms with Crippen molar-refractivity contribution >= 4 is 89.5 Å². The number of aliphatic hydroxyl groups excluding tert-OH is 4. The van der Waals surface area contributed by atoms with Crippen LogP contribution in [0.4, 0.5) is 0 Å². The van der Waals surface area contributed by atoms with Crippen molar-refractivity contribution in [3.05, 3.63) is 36.0 Å². The Morgan fingerprint density at radius 3 is 2.57 bits per heavy atom. The van der Waals surface area contributed by atoms with Crippen LogP contribution in [0, 0.1) is 0 Å². The number of fused-ring (bicyclic) bond motifs is 1. The van der Waals surface area contributed by atoms with Gasteiger partial charge in [0.2, 0.25) is 0 Å². The largest absolute Gasteiger partial charge is 0.466 e. The molecule has 0 bridgehead atoms. The molecule has 14 heteroatoms. The molecule has 5 atom stereocenters. The quantitative estimate of drug-likeness (QED) is 0.0971. The van der Waals surface area contributed by atoms with E-state index in [0.717, 1.165) is 28.2 Å². The van der Waals surface area contributed by atoms with Crippen LogP contribution in [0.25, 0.3) is 10.9 Å². The molecular formula is C16H20KN2O9S2. The zero-order valence-electron chi connectivity index (χ0n) is 15.8. The number of benzene rings is 1. The van der Waals surface area contributed by atoms with Crippen LogP contribution in [0.15, 0.2) is 35.6 Å². The molecule has 1 fully saturated rings. The zero-order chi connectivity index (χ0) is 21.2. The van der Waals surface area contributed by atoms with Gasteiger partial charge in [0.25, 0.3) is 0 Å². The number of hydrogen-bond donors (Lipinski definition) is 6. The molecule has 1 saturated heterocycles. The number of oxime groups is 1. The second-order valence-electron chi connectivity index (χ2n) is 6.34. The minimum atomic E-state index is -4.87. The fraction of sp³-hybridized carbons (Fsp3) is 0.438. The van der Waals surface area contributed by atoms with Crippen LogP contribution < -0.4 is 0 Å². The van der Waals surface area contributed by atoms with E-state index in [1.807, 2.05) is 24.3 Å².